The molecule has 0 aliphatic carbocycles. The standard InChI is InChI=1S/C12H23N3O2.ClH/c1-4-14(5-2)12(17)10-7-6-8-15(10)11(16)9(3)13;/h9-10H,4-8,13H2,1-3H3;1H/t9-,10?;/m0./s1. The molecule has 0 aromatic carbocycles. The summed E-state index contributed by atoms with van der Waals surface area (Å²) < 4.78 is 0. The summed E-state index contributed by atoms with van der Waals surface area (Å²) in [4.78, 5) is 27.5. The molecule has 0 bridgehead atoms. The number of amides is 2. The zero-order valence-electron chi connectivity index (χ0n) is 11.4. The highest BCUT2D eigenvalue weighted by atomic mass is 35.5. The Balaban J connectivity index is 0.00000289. The van der Waals surface area contributed by atoms with Crippen molar-refractivity contribution in [2.75, 3.05) is 19.6 Å². The number of hydrogen-bond donors (Lipinski definition) is 1. The molecule has 0 spiro atoms. The second-order valence-electron chi connectivity index (χ2n) is 4.49. The Bertz CT molecular complexity index is 293. The van der Waals surface area contributed by atoms with E-state index in [2.05, 4.69) is 0 Å². The molecule has 0 saturated carbocycles. The summed E-state index contributed by atoms with van der Waals surface area (Å²) in [5.74, 6) is -0.0606. The van der Waals surface area contributed by atoms with E-state index in [0.717, 1.165) is 12.8 Å². The molecule has 5 nitrogen and oxygen atoms in total. The fourth-order valence-electron chi connectivity index (χ4n) is 2.29. The van der Waals surface area contributed by atoms with Gasteiger partial charge in [-0.1, -0.05) is 0 Å². The molecule has 0 aromatic rings. The lowest BCUT2D eigenvalue weighted by atomic mass is 10.1. The fourth-order valence-corrected chi connectivity index (χ4v) is 2.29. The maximum atomic E-state index is 12.2. The van der Waals surface area contributed by atoms with Gasteiger partial charge in [0.15, 0.2) is 0 Å². The van der Waals surface area contributed by atoms with E-state index in [1.165, 1.54) is 0 Å². The number of carbonyl (C=O) groups is 2. The van der Waals surface area contributed by atoms with Crippen LogP contribution in [0.15, 0.2) is 0 Å². The lowest BCUT2D eigenvalue weighted by Gasteiger charge is -2.29. The summed E-state index contributed by atoms with van der Waals surface area (Å²) in [6.45, 7) is 7.60. The maximum absolute atomic E-state index is 12.2. The first-order valence-electron chi connectivity index (χ1n) is 6.37. The monoisotopic (exact) mass is 277 g/mol. The summed E-state index contributed by atoms with van der Waals surface area (Å²) in [7, 11) is 0. The van der Waals surface area contributed by atoms with Crippen molar-refractivity contribution >= 4 is 24.2 Å². The topological polar surface area (TPSA) is 66.6 Å². The minimum absolute atomic E-state index is 0. The molecule has 6 heteroatoms. The zero-order chi connectivity index (χ0) is 13.0. The van der Waals surface area contributed by atoms with Crippen molar-refractivity contribution in [1.82, 2.24) is 9.80 Å². The molecule has 18 heavy (non-hydrogen) atoms. The Morgan fingerprint density at radius 2 is 1.94 bits per heavy atom. The van der Waals surface area contributed by atoms with E-state index < -0.39 is 6.04 Å². The number of nitrogens with two attached hydrogens (primary N) is 1. The minimum Gasteiger partial charge on any atom is -0.341 e. The van der Waals surface area contributed by atoms with E-state index in [1.54, 1.807) is 16.7 Å². The van der Waals surface area contributed by atoms with Gasteiger partial charge in [-0.05, 0) is 33.6 Å². The third-order valence-corrected chi connectivity index (χ3v) is 3.29. The molecule has 1 aliphatic rings. The highest BCUT2D eigenvalue weighted by Gasteiger charge is 2.36. The number of nitrogens with zero attached hydrogens (tertiary/aromatic N) is 2. The molecular weight excluding hydrogens is 254 g/mol. The van der Waals surface area contributed by atoms with Crippen LogP contribution in [0.25, 0.3) is 0 Å². The van der Waals surface area contributed by atoms with Crippen LogP contribution in [0.3, 0.4) is 0 Å². The van der Waals surface area contributed by atoms with Crippen LogP contribution in [-0.2, 0) is 9.59 Å². The van der Waals surface area contributed by atoms with Gasteiger partial charge in [-0.3, -0.25) is 9.59 Å². The van der Waals surface area contributed by atoms with Crippen molar-refractivity contribution < 1.29 is 9.59 Å². The summed E-state index contributed by atoms with van der Waals surface area (Å²) in [5.41, 5.74) is 5.60. The van der Waals surface area contributed by atoms with Crippen molar-refractivity contribution in [3.05, 3.63) is 0 Å². The van der Waals surface area contributed by atoms with Crippen LogP contribution >= 0.6 is 12.4 Å². The molecule has 1 unspecified atom stereocenters. The summed E-state index contributed by atoms with van der Waals surface area (Å²) in [6, 6.07) is -0.825. The molecule has 1 saturated heterocycles. The highest BCUT2D eigenvalue weighted by Crippen LogP contribution is 2.20. The van der Waals surface area contributed by atoms with Crippen LogP contribution in [0.4, 0.5) is 0 Å². The van der Waals surface area contributed by atoms with Crippen LogP contribution in [0, 0.1) is 0 Å². The van der Waals surface area contributed by atoms with Crippen molar-refractivity contribution in [3.63, 3.8) is 0 Å². The highest BCUT2D eigenvalue weighted by molar-refractivity contribution is 5.90. The van der Waals surface area contributed by atoms with Gasteiger partial charge in [-0.2, -0.15) is 0 Å². The maximum Gasteiger partial charge on any atom is 0.245 e. The Kier molecular flexibility index (Phi) is 7.25. The van der Waals surface area contributed by atoms with Crippen LogP contribution in [0.2, 0.25) is 0 Å². The first-order valence-corrected chi connectivity index (χ1v) is 6.37. The predicted molar refractivity (Wildman–Crippen MR) is 73.6 cm³/mol. The van der Waals surface area contributed by atoms with E-state index >= 15 is 0 Å². The molecule has 0 aromatic heterocycles. The lowest BCUT2D eigenvalue weighted by Crippen LogP contribution is -2.51. The molecule has 2 atom stereocenters. The van der Waals surface area contributed by atoms with Gasteiger partial charge < -0.3 is 15.5 Å². The molecular formula is C12H24ClN3O2. The number of likely N-dealkylation sites (tertiary alicyclic amines) is 1. The Morgan fingerprint density at radius 1 is 1.39 bits per heavy atom. The van der Waals surface area contributed by atoms with Gasteiger partial charge in [0.1, 0.15) is 6.04 Å². The van der Waals surface area contributed by atoms with E-state index in [1.807, 2.05) is 13.8 Å². The third-order valence-electron chi connectivity index (χ3n) is 3.29. The molecule has 1 aliphatic heterocycles. The van der Waals surface area contributed by atoms with Crippen LogP contribution in [0.5, 0.6) is 0 Å². The Hall–Kier alpha value is -0.810. The summed E-state index contributed by atoms with van der Waals surface area (Å²) >= 11 is 0. The van der Waals surface area contributed by atoms with Crippen LogP contribution < -0.4 is 5.73 Å². The van der Waals surface area contributed by atoms with Gasteiger partial charge in [-0.25, -0.2) is 0 Å². The predicted octanol–water partition coefficient (Wildman–Crippen LogP) is 0.615. The first kappa shape index (κ1) is 17.2. The van der Waals surface area contributed by atoms with Crippen LogP contribution in [0.1, 0.15) is 33.6 Å². The van der Waals surface area contributed by atoms with Crippen LogP contribution in [-0.4, -0.2) is 53.3 Å². The quantitative estimate of drug-likeness (QED) is 0.819. The van der Waals surface area contributed by atoms with Gasteiger partial charge in [-0.15, -0.1) is 12.4 Å². The molecule has 2 amide bonds. The van der Waals surface area contributed by atoms with Gasteiger partial charge in [0.25, 0.3) is 0 Å². The number of carbonyl (C=O) groups excluding carboxylic acids is 2. The minimum atomic E-state index is -0.528. The third kappa shape index (κ3) is 3.59. The lowest BCUT2D eigenvalue weighted by molar-refractivity contribution is -0.144. The average molecular weight is 278 g/mol. The smallest absolute Gasteiger partial charge is 0.245 e. The Labute approximate surface area is 115 Å². The normalized spacial score (nSPS) is 20.2. The molecule has 1 rings (SSSR count). The van der Waals surface area contributed by atoms with Gasteiger partial charge in [0.05, 0.1) is 6.04 Å². The van der Waals surface area contributed by atoms with E-state index in [-0.39, 0.29) is 30.3 Å². The summed E-state index contributed by atoms with van der Waals surface area (Å²) in [5, 5.41) is 0. The van der Waals surface area contributed by atoms with Crippen molar-refractivity contribution in [2.45, 2.75) is 45.7 Å². The van der Waals surface area contributed by atoms with E-state index in [4.69, 9.17) is 5.73 Å². The van der Waals surface area contributed by atoms with Gasteiger partial charge >= 0.3 is 0 Å². The molecule has 2 N–H and O–H groups in total. The SMILES string of the molecule is CCN(CC)C(=O)C1CCCN1C(=O)[C@H](C)N.Cl. The second-order valence-corrected chi connectivity index (χ2v) is 4.49. The van der Waals surface area contributed by atoms with Crippen molar-refractivity contribution in [3.8, 4) is 0 Å². The molecule has 0 radical (unpaired) electrons. The van der Waals surface area contributed by atoms with Gasteiger partial charge in [0.2, 0.25) is 11.8 Å². The van der Waals surface area contributed by atoms with E-state index in [0.29, 0.717) is 19.6 Å². The number of halogens is 1. The van der Waals surface area contributed by atoms with Gasteiger partial charge in [0, 0.05) is 19.6 Å². The summed E-state index contributed by atoms with van der Waals surface area (Å²) in [6.07, 6.45) is 1.64. The zero-order valence-corrected chi connectivity index (χ0v) is 12.2. The largest absolute Gasteiger partial charge is 0.341 e. The Morgan fingerprint density at radius 3 is 2.39 bits per heavy atom. The number of rotatable bonds is 4. The molecule has 1 heterocycles. The number of likely N-dealkylation sites (N-methyl/N-ethyl adjacent to an activating group) is 1. The second kappa shape index (κ2) is 7.59. The molecule has 1 fully saturated rings. The van der Waals surface area contributed by atoms with Crippen molar-refractivity contribution in [1.29, 1.82) is 0 Å². The fraction of sp³-hybridized carbons (Fsp3) is 0.833. The average Bonchev–Trinajstić information content (AvgIpc) is 2.77. The number of hydrogen-bond acceptors (Lipinski definition) is 3. The van der Waals surface area contributed by atoms with E-state index in [9.17, 15) is 9.59 Å². The molecule has 106 valence electrons. The van der Waals surface area contributed by atoms with Crippen molar-refractivity contribution in [2.24, 2.45) is 5.73 Å². The first-order chi connectivity index (χ1) is 8.02.